The number of nitrogens with zero attached hydrogens (tertiary/aromatic N) is 1. The normalized spacial score (nSPS) is 16.7. The Hall–Kier alpha value is -3.54. The lowest BCUT2D eigenvalue weighted by Gasteiger charge is -2.28. The number of hydrogen-bond acceptors (Lipinski definition) is 3. The molecule has 4 nitrogen and oxygen atoms in total. The van der Waals surface area contributed by atoms with Gasteiger partial charge in [0.05, 0.1) is 11.6 Å². The number of aliphatic hydroxyl groups is 1. The van der Waals surface area contributed by atoms with Gasteiger partial charge in [-0.05, 0) is 28.5 Å². The molecule has 0 aliphatic carbocycles. The molecule has 3 aromatic carbocycles. The molecule has 4 rings (SSSR count). The van der Waals surface area contributed by atoms with Crippen molar-refractivity contribution < 1.29 is 23.5 Å². The minimum atomic E-state index is -1.12. The number of aliphatic hydroxyl groups excluding tert-OH is 1. The van der Waals surface area contributed by atoms with Crippen LogP contribution in [0.1, 0.15) is 24.9 Å². The predicted octanol–water partition coefficient (Wildman–Crippen LogP) is 5.00. The van der Waals surface area contributed by atoms with E-state index < -0.39 is 29.3 Å². The fraction of sp³-hybridized carbons (Fsp3) is 0.130. The van der Waals surface area contributed by atoms with Crippen LogP contribution < -0.4 is 4.90 Å². The maximum atomic E-state index is 13.9. The molecule has 1 unspecified atom stereocenters. The fourth-order valence-corrected chi connectivity index (χ4v) is 3.76. The molecule has 29 heavy (non-hydrogen) atoms. The minimum Gasteiger partial charge on any atom is -0.503 e. The topological polar surface area (TPSA) is 57.6 Å². The van der Waals surface area contributed by atoms with Gasteiger partial charge in [0.2, 0.25) is 0 Å². The van der Waals surface area contributed by atoms with E-state index in [2.05, 4.69) is 0 Å². The number of ketones is 1. The maximum Gasteiger partial charge on any atom is 0.294 e. The Balaban J connectivity index is 1.99. The summed E-state index contributed by atoms with van der Waals surface area (Å²) in [4.78, 5) is 26.7. The van der Waals surface area contributed by atoms with Crippen molar-refractivity contribution in [1.82, 2.24) is 0 Å². The lowest BCUT2D eigenvalue weighted by Crippen LogP contribution is -2.31. The highest BCUT2D eigenvalue weighted by Crippen LogP contribution is 2.43. The molecule has 1 atom stereocenters. The van der Waals surface area contributed by atoms with Crippen LogP contribution >= 0.6 is 0 Å². The third kappa shape index (κ3) is 2.97. The predicted molar refractivity (Wildman–Crippen MR) is 105 cm³/mol. The fourth-order valence-electron chi connectivity index (χ4n) is 3.76. The summed E-state index contributed by atoms with van der Waals surface area (Å²) in [5.74, 6) is -4.06. The van der Waals surface area contributed by atoms with Gasteiger partial charge in [-0.15, -0.1) is 0 Å². The Morgan fingerprint density at radius 1 is 1.03 bits per heavy atom. The highest BCUT2D eigenvalue weighted by atomic mass is 19.2. The van der Waals surface area contributed by atoms with E-state index in [4.69, 9.17) is 0 Å². The largest absolute Gasteiger partial charge is 0.503 e. The van der Waals surface area contributed by atoms with E-state index in [9.17, 15) is 23.5 Å². The summed E-state index contributed by atoms with van der Waals surface area (Å²) in [6.45, 7) is 1.63. The number of hydrogen-bond donors (Lipinski definition) is 1. The number of Topliss-reactive ketones (excluding diaryl/α,β-unsaturated/α-hetero) is 1. The number of rotatable bonds is 4. The van der Waals surface area contributed by atoms with E-state index in [1.165, 1.54) is 6.07 Å². The average Bonchev–Trinajstić information content (AvgIpc) is 3.00. The number of fused-ring (bicyclic) bond motifs is 1. The van der Waals surface area contributed by atoms with Crippen molar-refractivity contribution in [2.45, 2.75) is 19.4 Å². The monoisotopic (exact) mass is 393 g/mol. The van der Waals surface area contributed by atoms with Crippen LogP contribution in [0.4, 0.5) is 14.5 Å². The molecular weight excluding hydrogens is 376 g/mol. The summed E-state index contributed by atoms with van der Waals surface area (Å²) in [5.41, 5.74) is 0.623. The van der Waals surface area contributed by atoms with Gasteiger partial charge in [0.25, 0.3) is 5.91 Å². The SMILES string of the molecule is CCC(=O)C1=C(O)C(=O)N(c2ccc(F)c(F)c2)C1c1cccc2ccccc12. The summed E-state index contributed by atoms with van der Waals surface area (Å²) in [5, 5.41) is 12.2. The summed E-state index contributed by atoms with van der Waals surface area (Å²) < 4.78 is 27.4. The molecule has 0 bridgehead atoms. The van der Waals surface area contributed by atoms with E-state index in [1.807, 2.05) is 30.3 Å². The molecule has 1 amide bonds. The molecular formula is C23H17F2NO3. The standard InChI is InChI=1S/C23H17F2NO3/c1-2-19(27)20-21(16-9-5-7-13-6-3-4-8-15(13)16)26(23(29)22(20)28)14-10-11-17(24)18(25)12-14/h3-12,21,28H,2H2,1H3. The zero-order valence-corrected chi connectivity index (χ0v) is 15.5. The highest BCUT2D eigenvalue weighted by Gasteiger charge is 2.44. The van der Waals surface area contributed by atoms with Gasteiger partial charge in [-0.1, -0.05) is 49.4 Å². The number of anilines is 1. The van der Waals surface area contributed by atoms with Crippen LogP contribution in [0.15, 0.2) is 72.0 Å². The highest BCUT2D eigenvalue weighted by molar-refractivity contribution is 6.17. The van der Waals surface area contributed by atoms with E-state index in [0.717, 1.165) is 27.8 Å². The van der Waals surface area contributed by atoms with E-state index >= 15 is 0 Å². The van der Waals surface area contributed by atoms with Crippen LogP contribution in [0.5, 0.6) is 0 Å². The third-order valence-electron chi connectivity index (χ3n) is 5.13. The molecule has 3 aromatic rings. The second-order valence-corrected chi connectivity index (χ2v) is 6.78. The second kappa shape index (κ2) is 7.13. The molecule has 6 heteroatoms. The Morgan fingerprint density at radius 3 is 2.48 bits per heavy atom. The molecule has 0 fully saturated rings. The van der Waals surface area contributed by atoms with Gasteiger partial charge >= 0.3 is 0 Å². The Bertz CT molecular complexity index is 1180. The molecule has 0 radical (unpaired) electrons. The van der Waals surface area contributed by atoms with E-state index in [1.54, 1.807) is 19.1 Å². The first-order chi connectivity index (χ1) is 13.9. The van der Waals surface area contributed by atoms with Gasteiger partial charge in [-0.25, -0.2) is 8.78 Å². The van der Waals surface area contributed by atoms with Crippen LogP contribution in [-0.2, 0) is 9.59 Å². The summed E-state index contributed by atoms with van der Waals surface area (Å²) in [6, 6.07) is 15.0. The first-order valence-electron chi connectivity index (χ1n) is 9.16. The summed E-state index contributed by atoms with van der Waals surface area (Å²) >= 11 is 0. The first kappa shape index (κ1) is 18.8. The Morgan fingerprint density at radius 2 is 1.76 bits per heavy atom. The molecule has 0 saturated carbocycles. The molecule has 1 aliphatic heterocycles. The third-order valence-corrected chi connectivity index (χ3v) is 5.13. The molecule has 0 spiro atoms. The van der Waals surface area contributed by atoms with Crippen LogP contribution in [-0.4, -0.2) is 16.8 Å². The van der Waals surface area contributed by atoms with Crippen molar-refractivity contribution in [3.8, 4) is 0 Å². The van der Waals surface area contributed by atoms with Crippen LogP contribution in [0.25, 0.3) is 10.8 Å². The maximum absolute atomic E-state index is 13.9. The number of carbonyl (C=O) groups is 2. The molecule has 0 aromatic heterocycles. The average molecular weight is 393 g/mol. The van der Waals surface area contributed by atoms with Crippen molar-refractivity contribution in [2.24, 2.45) is 0 Å². The Labute approximate surface area is 165 Å². The van der Waals surface area contributed by atoms with Gasteiger partial charge in [-0.2, -0.15) is 0 Å². The van der Waals surface area contributed by atoms with E-state index in [-0.39, 0.29) is 23.5 Å². The van der Waals surface area contributed by atoms with Gasteiger partial charge in [0, 0.05) is 18.2 Å². The quantitative estimate of drug-likeness (QED) is 0.679. The number of carbonyl (C=O) groups excluding carboxylic acids is 2. The van der Waals surface area contributed by atoms with Crippen molar-refractivity contribution >= 4 is 28.2 Å². The molecule has 0 saturated heterocycles. The second-order valence-electron chi connectivity index (χ2n) is 6.78. The van der Waals surface area contributed by atoms with Crippen LogP contribution in [0.2, 0.25) is 0 Å². The van der Waals surface area contributed by atoms with Gasteiger partial charge < -0.3 is 5.11 Å². The number of benzene rings is 3. The molecule has 1 N–H and O–H groups in total. The van der Waals surface area contributed by atoms with Gasteiger partial charge in [-0.3, -0.25) is 14.5 Å². The van der Waals surface area contributed by atoms with Crippen LogP contribution in [0.3, 0.4) is 0 Å². The lowest BCUT2D eigenvalue weighted by molar-refractivity contribution is -0.118. The Kier molecular flexibility index (Phi) is 4.62. The van der Waals surface area contributed by atoms with Crippen LogP contribution in [0, 0.1) is 11.6 Å². The van der Waals surface area contributed by atoms with E-state index in [0.29, 0.717) is 5.56 Å². The zero-order valence-electron chi connectivity index (χ0n) is 15.5. The molecule has 146 valence electrons. The van der Waals surface area contributed by atoms with Gasteiger partial charge in [0.1, 0.15) is 0 Å². The summed E-state index contributed by atoms with van der Waals surface area (Å²) in [7, 11) is 0. The van der Waals surface area contributed by atoms with Crippen molar-refractivity contribution in [2.75, 3.05) is 4.90 Å². The van der Waals surface area contributed by atoms with Crippen molar-refractivity contribution in [3.05, 3.63) is 89.2 Å². The van der Waals surface area contributed by atoms with Crippen molar-refractivity contribution in [1.29, 1.82) is 0 Å². The first-order valence-corrected chi connectivity index (χ1v) is 9.16. The molecule has 1 aliphatic rings. The van der Waals surface area contributed by atoms with Crippen molar-refractivity contribution in [3.63, 3.8) is 0 Å². The number of amides is 1. The summed E-state index contributed by atoms with van der Waals surface area (Å²) in [6.07, 6.45) is 0.0829. The molecule has 1 heterocycles. The number of halogens is 2. The van der Waals surface area contributed by atoms with Gasteiger partial charge in [0.15, 0.2) is 23.2 Å². The zero-order chi connectivity index (χ0) is 20.7. The lowest BCUT2D eigenvalue weighted by atomic mass is 9.91. The minimum absolute atomic E-state index is 0.0430. The smallest absolute Gasteiger partial charge is 0.294 e.